The van der Waals surface area contributed by atoms with E-state index < -0.39 is 11.0 Å². The molecule has 0 aliphatic heterocycles. The minimum atomic E-state index is -0.606. The summed E-state index contributed by atoms with van der Waals surface area (Å²) in [6, 6.07) is 8.58. The molecule has 2 N–H and O–H groups in total. The van der Waals surface area contributed by atoms with Gasteiger partial charge in [0, 0.05) is 28.4 Å². The second-order valence-corrected chi connectivity index (χ2v) is 5.29. The average molecular weight is 379 g/mol. The standard InChI is InChI=1S/C16H15ClN4O5/c1-25-14-8-15(26-2)13(21(23)24)6-10(14)9-18-20-16(22)19-12-5-3-4-11(17)7-12/h3-9H,1-2H3,(H2,19,20,22)/b18-9-. The second-order valence-electron chi connectivity index (χ2n) is 4.86. The topological polar surface area (TPSA) is 115 Å². The first-order valence-electron chi connectivity index (χ1n) is 7.20. The van der Waals surface area contributed by atoms with Crippen LogP contribution in [0.25, 0.3) is 0 Å². The lowest BCUT2D eigenvalue weighted by Crippen LogP contribution is -2.24. The number of anilines is 1. The van der Waals surface area contributed by atoms with E-state index in [0.717, 1.165) is 0 Å². The van der Waals surface area contributed by atoms with Crippen LogP contribution in [0.4, 0.5) is 16.2 Å². The van der Waals surface area contributed by atoms with E-state index in [1.54, 1.807) is 24.3 Å². The molecule has 0 saturated carbocycles. The number of hydrogen-bond acceptors (Lipinski definition) is 6. The maximum atomic E-state index is 11.8. The van der Waals surface area contributed by atoms with Crippen LogP contribution in [0.2, 0.25) is 5.02 Å². The molecule has 0 aliphatic carbocycles. The minimum absolute atomic E-state index is 0.0515. The van der Waals surface area contributed by atoms with E-state index >= 15 is 0 Å². The van der Waals surface area contributed by atoms with Crippen molar-refractivity contribution < 1.29 is 19.2 Å². The van der Waals surface area contributed by atoms with Crippen LogP contribution >= 0.6 is 11.6 Å². The molecule has 0 fully saturated rings. The van der Waals surface area contributed by atoms with Gasteiger partial charge in [0.25, 0.3) is 0 Å². The Kier molecular flexibility index (Phi) is 6.34. The third-order valence-corrected chi connectivity index (χ3v) is 3.42. The predicted molar refractivity (Wildman–Crippen MR) is 97.4 cm³/mol. The second kappa shape index (κ2) is 8.67. The zero-order valence-corrected chi connectivity index (χ0v) is 14.6. The van der Waals surface area contributed by atoms with Crippen molar-refractivity contribution in [2.24, 2.45) is 5.10 Å². The van der Waals surface area contributed by atoms with Crippen LogP contribution in [0, 0.1) is 10.1 Å². The van der Waals surface area contributed by atoms with Crippen LogP contribution < -0.4 is 20.2 Å². The van der Waals surface area contributed by atoms with E-state index in [0.29, 0.717) is 22.0 Å². The molecule has 0 atom stereocenters. The van der Waals surface area contributed by atoms with Gasteiger partial charge in [0.05, 0.1) is 25.4 Å². The van der Waals surface area contributed by atoms with Gasteiger partial charge in [-0.25, -0.2) is 10.2 Å². The number of carbonyl (C=O) groups excluding carboxylic acids is 1. The number of amides is 2. The molecule has 0 bridgehead atoms. The molecule has 2 aromatic rings. The first kappa shape index (κ1) is 19.0. The Morgan fingerprint density at radius 3 is 2.58 bits per heavy atom. The largest absolute Gasteiger partial charge is 0.496 e. The minimum Gasteiger partial charge on any atom is -0.496 e. The number of methoxy groups -OCH3 is 2. The molecule has 0 saturated heterocycles. The Morgan fingerprint density at radius 1 is 1.23 bits per heavy atom. The summed E-state index contributed by atoms with van der Waals surface area (Å²) in [5.74, 6) is 0.351. The summed E-state index contributed by atoms with van der Waals surface area (Å²) in [5, 5.41) is 17.9. The normalized spacial score (nSPS) is 10.4. The van der Waals surface area contributed by atoms with Gasteiger partial charge >= 0.3 is 11.7 Å². The van der Waals surface area contributed by atoms with Crippen molar-refractivity contribution in [1.82, 2.24) is 5.43 Å². The highest BCUT2D eigenvalue weighted by Gasteiger charge is 2.18. The van der Waals surface area contributed by atoms with E-state index in [4.69, 9.17) is 21.1 Å². The molecule has 136 valence electrons. The highest BCUT2D eigenvalue weighted by molar-refractivity contribution is 6.30. The fourth-order valence-electron chi connectivity index (χ4n) is 2.04. The van der Waals surface area contributed by atoms with E-state index in [2.05, 4.69) is 15.8 Å². The molecular weight excluding hydrogens is 364 g/mol. The van der Waals surface area contributed by atoms with E-state index in [-0.39, 0.29) is 11.4 Å². The lowest BCUT2D eigenvalue weighted by molar-refractivity contribution is -0.385. The first-order chi connectivity index (χ1) is 12.4. The molecule has 10 heteroatoms. The summed E-state index contributed by atoms with van der Waals surface area (Å²) in [4.78, 5) is 22.3. The molecular formula is C16H15ClN4O5. The lowest BCUT2D eigenvalue weighted by Gasteiger charge is -2.08. The SMILES string of the molecule is COc1cc(OC)c([N+](=O)[O-])cc1/C=N\NC(=O)Nc1cccc(Cl)c1. The third kappa shape index (κ3) is 4.84. The monoisotopic (exact) mass is 378 g/mol. The molecule has 0 aromatic heterocycles. The molecule has 2 aromatic carbocycles. The van der Waals surface area contributed by atoms with Crippen molar-refractivity contribution in [3.8, 4) is 11.5 Å². The van der Waals surface area contributed by atoms with E-state index in [1.807, 2.05) is 0 Å². The molecule has 9 nitrogen and oxygen atoms in total. The number of hydrogen-bond donors (Lipinski definition) is 2. The van der Waals surface area contributed by atoms with E-state index in [9.17, 15) is 14.9 Å². The van der Waals surface area contributed by atoms with Crippen LogP contribution in [0.5, 0.6) is 11.5 Å². The van der Waals surface area contributed by atoms with Crippen molar-refractivity contribution in [3.05, 3.63) is 57.1 Å². The number of nitrogens with one attached hydrogen (secondary N) is 2. The number of hydrazone groups is 1. The third-order valence-electron chi connectivity index (χ3n) is 3.18. The quantitative estimate of drug-likeness (QED) is 0.454. The molecule has 0 heterocycles. The highest BCUT2D eigenvalue weighted by atomic mass is 35.5. The fraction of sp³-hybridized carbons (Fsp3) is 0.125. The summed E-state index contributed by atoms with van der Waals surface area (Å²) >= 11 is 5.83. The van der Waals surface area contributed by atoms with E-state index in [1.165, 1.54) is 32.6 Å². The predicted octanol–water partition coefficient (Wildman–Crippen LogP) is 3.42. The van der Waals surface area contributed by atoms with Gasteiger partial charge in [-0.3, -0.25) is 10.1 Å². The maximum absolute atomic E-state index is 11.8. The van der Waals surface area contributed by atoms with Crippen molar-refractivity contribution in [2.75, 3.05) is 19.5 Å². The van der Waals surface area contributed by atoms with Crippen molar-refractivity contribution in [3.63, 3.8) is 0 Å². The smallest absolute Gasteiger partial charge is 0.339 e. The Hall–Kier alpha value is -3.33. The van der Waals surface area contributed by atoms with Gasteiger partial charge in [-0.05, 0) is 18.2 Å². The number of benzene rings is 2. The van der Waals surface area contributed by atoms with Crippen molar-refractivity contribution >= 4 is 35.2 Å². The number of nitro benzene ring substituents is 1. The Bertz CT molecular complexity index is 857. The lowest BCUT2D eigenvalue weighted by atomic mass is 10.1. The number of ether oxygens (including phenoxy) is 2. The zero-order valence-electron chi connectivity index (χ0n) is 13.9. The van der Waals surface area contributed by atoms with Gasteiger partial charge in [-0.1, -0.05) is 17.7 Å². The van der Waals surface area contributed by atoms with Crippen molar-refractivity contribution in [1.29, 1.82) is 0 Å². The Labute approximate surface area is 153 Å². The number of urea groups is 1. The van der Waals surface area contributed by atoms with Crippen LogP contribution in [0.1, 0.15) is 5.56 Å². The van der Waals surface area contributed by atoms with Gasteiger partial charge < -0.3 is 14.8 Å². The van der Waals surface area contributed by atoms with Crippen LogP contribution in [0.3, 0.4) is 0 Å². The number of carbonyl (C=O) groups is 1. The number of nitrogens with zero attached hydrogens (tertiary/aromatic N) is 2. The average Bonchev–Trinajstić information content (AvgIpc) is 2.61. The maximum Gasteiger partial charge on any atom is 0.339 e. The molecule has 2 amide bonds. The summed E-state index contributed by atoms with van der Waals surface area (Å²) in [7, 11) is 2.72. The molecule has 26 heavy (non-hydrogen) atoms. The molecule has 2 rings (SSSR count). The van der Waals surface area contributed by atoms with Gasteiger partial charge in [0.15, 0.2) is 0 Å². The summed E-state index contributed by atoms with van der Waals surface area (Å²) in [6.45, 7) is 0. The molecule has 0 aliphatic rings. The number of halogens is 1. The Balaban J connectivity index is 2.12. The summed E-state index contributed by atoms with van der Waals surface area (Å²) in [6.07, 6.45) is 1.23. The van der Waals surface area contributed by atoms with Crippen LogP contribution in [-0.4, -0.2) is 31.4 Å². The van der Waals surface area contributed by atoms with Crippen LogP contribution in [0.15, 0.2) is 41.5 Å². The number of nitro groups is 1. The first-order valence-corrected chi connectivity index (χ1v) is 7.58. The number of rotatable bonds is 6. The van der Waals surface area contributed by atoms with Gasteiger partial charge in [-0.2, -0.15) is 5.10 Å². The fourth-order valence-corrected chi connectivity index (χ4v) is 2.23. The summed E-state index contributed by atoms with van der Waals surface area (Å²) < 4.78 is 10.1. The summed E-state index contributed by atoms with van der Waals surface area (Å²) in [5.41, 5.74) is 2.78. The molecule has 0 radical (unpaired) electrons. The Morgan fingerprint density at radius 2 is 1.96 bits per heavy atom. The molecule has 0 unspecified atom stereocenters. The van der Waals surface area contributed by atoms with Gasteiger partial charge in [0.2, 0.25) is 5.75 Å². The molecule has 0 spiro atoms. The van der Waals surface area contributed by atoms with Gasteiger partial charge in [0.1, 0.15) is 5.75 Å². The zero-order chi connectivity index (χ0) is 19.1. The highest BCUT2D eigenvalue weighted by Crippen LogP contribution is 2.33. The van der Waals surface area contributed by atoms with Gasteiger partial charge in [-0.15, -0.1) is 0 Å². The van der Waals surface area contributed by atoms with Crippen LogP contribution in [-0.2, 0) is 0 Å². The van der Waals surface area contributed by atoms with Crippen molar-refractivity contribution in [2.45, 2.75) is 0 Å².